The minimum atomic E-state index is -0.375. The van der Waals surface area contributed by atoms with Crippen molar-refractivity contribution in [2.24, 2.45) is 0 Å². The Balaban J connectivity index is 2.59. The Morgan fingerprint density at radius 3 is 2.71 bits per heavy atom. The van der Waals surface area contributed by atoms with E-state index in [-0.39, 0.29) is 12.0 Å². The molecule has 0 aromatic carbocycles. The van der Waals surface area contributed by atoms with Gasteiger partial charge in [0, 0.05) is 26.8 Å². The van der Waals surface area contributed by atoms with E-state index in [9.17, 15) is 9.90 Å². The molecular weight excluding hydrogens is 218 g/mol. The molecule has 1 aromatic heterocycles. The van der Waals surface area contributed by atoms with E-state index in [4.69, 9.17) is 0 Å². The van der Waals surface area contributed by atoms with Gasteiger partial charge in [-0.05, 0) is 18.6 Å². The van der Waals surface area contributed by atoms with Crippen LogP contribution >= 0.6 is 0 Å². The summed E-state index contributed by atoms with van der Waals surface area (Å²) in [5.41, 5.74) is 0.552. The average molecular weight is 237 g/mol. The third-order valence-electron chi connectivity index (χ3n) is 2.41. The van der Waals surface area contributed by atoms with Gasteiger partial charge < -0.3 is 15.3 Å². The van der Waals surface area contributed by atoms with Crippen LogP contribution in [0.1, 0.15) is 23.7 Å². The number of aliphatic hydroxyl groups is 1. The van der Waals surface area contributed by atoms with Crippen molar-refractivity contribution >= 4 is 11.7 Å². The molecule has 1 rings (SSSR count). The van der Waals surface area contributed by atoms with Crippen LogP contribution in [-0.4, -0.2) is 47.6 Å². The second kappa shape index (κ2) is 6.20. The van der Waals surface area contributed by atoms with Gasteiger partial charge >= 0.3 is 0 Å². The topological polar surface area (TPSA) is 65.5 Å². The maximum atomic E-state index is 11.6. The summed E-state index contributed by atoms with van der Waals surface area (Å²) in [6, 6.07) is 3.45. The molecule has 94 valence electrons. The molecule has 1 amide bonds. The number of nitrogens with one attached hydrogen (secondary N) is 1. The molecule has 0 aliphatic heterocycles. The molecule has 2 N–H and O–H groups in total. The van der Waals surface area contributed by atoms with Crippen LogP contribution in [-0.2, 0) is 0 Å². The van der Waals surface area contributed by atoms with Gasteiger partial charge in [0.25, 0.3) is 5.91 Å². The molecule has 1 atom stereocenters. The molecule has 0 spiro atoms. The standard InChI is InChI=1S/C12H19N3O2/c1-4-10(16)8-14-11-6-5-9(7-13-11)12(17)15(2)3/h5-7,10,16H,4,8H2,1-3H3,(H,13,14). The zero-order valence-corrected chi connectivity index (χ0v) is 10.5. The Labute approximate surface area is 101 Å². The zero-order chi connectivity index (χ0) is 12.8. The summed E-state index contributed by atoms with van der Waals surface area (Å²) >= 11 is 0. The highest BCUT2D eigenvalue weighted by atomic mass is 16.3. The Morgan fingerprint density at radius 1 is 1.53 bits per heavy atom. The van der Waals surface area contributed by atoms with Gasteiger partial charge in [-0.25, -0.2) is 4.98 Å². The van der Waals surface area contributed by atoms with Gasteiger partial charge in [0.1, 0.15) is 5.82 Å². The molecule has 0 saturated heterocycles. The number of rotatable bonds is 5. The molecule has 1 unspecified atom stereocenters. The molecule has 0 bridgehead atoms. The van der Waals surface area contributed by atoms with Gasteiger partial charge in [-0.1, -0.05) is 6.92 Å². The SMILES string of the molecule is CCC(O)CNc1ccc(C(=O)N(C)C)cn1. The largest absolute Gasteiger partial charge is 0.391 e. The first-order valence-electron chi connectivity index (χ1n) is 5.64. The van der Waals surface area contributed by atoms with Crippen LogP contribution in [0.15, 0.2) is 18.3 Å². The highest BCUT2D eigenvalue weighted by Crippen LogP contribution is 2.07. The maximum absolute atomic E-state index is 11.6. The first kappa shape index (κ1) is 13.4. The van der Waals surface area contributed by atoms with Crippen LogP contribution in [0, 0.1) is 0 Å². The lowest BCUT2D eigenvalue weighted by Crippen LogP contribution is -2.22. The lowest BCUT2D eigenvalue weighted by Gasteiger charge is -2.12. The number of aliphatic hydroxyl groups excluding tert-OH is 1. The summed E-state index contributed by atoms with van der Waals surface area (Å²) < 4.78 is 0. The number of pyridine rings is 1. The lowest BCUT2D eigenvalue weighted by molar-refractivity contribution is 0.0827. The van der Waals surface area contributed by atoms with E-state index in [1.807, 2.05) is 6.92 Å². The molecule has 1 heterocycles. The number of amides is 1. The van der Waals surface area contributed by atoms with Gasteiger partial charge in [0.15, 0.2) is 0 Å². The third kappa shape index (κ3) is 4.03. The van der Waals surface area contributed by atoms with Crippen LogP contribution in [0.4, 0.5) is 5.82 Å². The molecule has 5 heteroatoms. The van der Waals surface area contributed by atoms with E-state index in [0.29, 0.717) is 24.3 Å². The second-order valence-electron chi connectivity index (χ2n) is 4.07. The van der Waals surface area contributed by atoms with Crippen molar-refractivity contribution in [1.82, 2.24) is 9.88 Å². The predicted molar refractivity (Wildman–Crippen MR) is 67.0 cm³/mol. The highest BCUT2D eigenvalue weighted by Gasteiger charge is 2.08. The highest BCUT2D eigenvalue weighted by molar-refractivity contribution is 5.93. The summed E-state index contributed by atoms with van der Waals surface area (Å²) in [4.78, 5) is 17.2. The number of anilines is 1. The van der Waals surface area contributed by atoms with Gasteiger partial charge in [0.2, 0.25) is 0 Å². The van der Waals surface area contributed by atoms with Crippen LogP contribution in [0.3, 0.4) is 0 Å². The first-order valence-corrected chi connectivity index (χ1v) is 5.64. The van der Waals surface area contributed by atoms with Crippen molar-refractivity contribution in [3.8, 4) is 0 Å². The van der Waals surface area contributed by atoms with Crippen molar-refractivity contribution < 1.29 is 9.90 Å². The molecule has 0 radical (unpaired) electrons. The summed E-state index contributed by atoms with van der Waals surface area (Å²) in [7, 11) is 3.40. The Bertz CT molecular complexity index is 363. The summed E-state index contributed by atoms with van der Waals surface area (Å²) in [6.45, 7) is 2.38. The van der Waals surface area contributed by atoms with E-state index < -0.39 is 0 Å². The second-order valence-corrected chi connectivity index (χ2v) is 4.07. The Hall–Kier alpha value is -1.62. The van der Waals surface area contributed by atoms with Crippen LogP contribution < -0.4 is 5.32 Å². The molecule has 0 fully saturated rings. The molecular formula is C12H19N3O2. The molecule has 5 nitrogen and oxygen atoms in total. The van der Waals surface area contributed by atoms with Crippen molar-refractivity contribution in [3.05, 3.63) is 23.9 Å². The Kier molecular flexibility index (Phi) is 4.90. The number of carbonyl (C=O) groups excluding carboxylic acids is 1. The number of aromatic nitrogens is 1. The van der Waals surface area contributed by atoms with E-state index in [1.165, 1.54) is 11.1 Å². The predicted octanol–water partition coefficient (Wildman–Crippen LogP) is 0.966. The van der Waals surface area contributed by atoms with E-state index in [2.05, 4.69) is 10.3 Å². The first-order chi connectivity index (χ1) is 8.04. The minimum Gasteiger partial charge on any atom is -0.391 e. The van der Waals surface area contributed by atoms with Crippen molar-refractivity contribution in [2.75, 3.05) is 26.0 Å². The lowest BCUT2D eigenvalue weighted by atomic mass is 10.2. The van der Waals surface area contributed by atoms with E-state index >= 15 is 0 Å². The van der Waals surface area contributed by atoms with E-state index in [1.54, 1.807) is 26.2 Å². The van der Waals surface area contributed by atoms with Gasteiger partial charge in [0.05, 0.1) is 11.7 Å². The molecule has 0 saturated carbocycles. The fourth-order valence-electron chi connectivity index (χ4n) is 1.25. The monoisotopic (exact) mass is 237 g/mol. The molecule has 1 aromatic rings. The van der Waals surface area contributed by atoms with Gasteiger partial charge in [-0.15, -0.1) is 0 Å². The summed E-state index contributed by atoms with van der Waals surface area (Å²) in [6.07, 6.45) is 1.85. The smallest absolute Gasteiger partial charge is 0.254 e. The van der Waals surface area contributed by atoms with Crippen LogP contribution in [0.25, 0.3) is 0 Å². The quantitative estimate of drug-likeness (QED) is 0.800. The maximum Gasteiger partial charge on any atom is 0.254 e. The van der Waals surface area contributed by atoms with Gasteiger partial charge in [-0.2, -0.15) is 0 Å². The average Bonchev–Trinajstić information content (AvgIpc) is 2.35. The van der Waals surface area contributed by atoms with Crippen molar-refractivity contribution in [1.29, 1.82) is 0 Å². The molecule has 0 aliphatic rings. The molecule has 17 heavy (non-hydrogen) atoms. The summed E-state index contributed by atoms with van der Waals surface area (Å²) in [5.74, 6) is 0.588. The van der Waals surface area contributed by atoms with Gasteiger partial charge in [-0.3, -0.25) is 4.79 Å². The fraction of sp³-hybridized carbons (Fsp3) is 0.500. The number of hydrogen-bond donors (Lipinski definition) is 2. The fourth-order valence-corrected chi connectivity index (χ4v) is 1.25. The van der Waals surface area contributed by atoms with E-state index in [0.717, 1.165) is 0 Å². The van der Waals surface area contributed by atoms with Crippen molar-refractivity contribution in [2.45, 2.75) is 19.4 Å². The van der Waals surface area contributed by atoms with Crippen LogP contribution in [0.5, 0.6) is 0 Å². The minimum absolute atomic E-state index is 0.0716. The third-order valence-corrected chi connectivity index (χ3v) is 2.41. The normalized spacial score (nSPS) is 12.0. The number of nitrogens with zero attached hydrogens (tertiary/aromatic N) is 2. The molecule has 0 aliphatic carbocycles. The zero-order valence-electron chi connectivity index (χ0n) is 10.5. The van der Waals surface area contributed by atoms with Crippen molar-refractivity contribution in [3.63, 3.8) is 0 Å². The number of hydrogen-bond acceptors (Lipinski definition) is 4. The Morgan fingerprint density at radius 2 is 2.24 bits per heavy atom. The van der Waals surface area contributed by atoms with Crippen LogP contribution in [0.2, 0.25) is 0 Å². The summed E-state index contributed by atoms with van der Waals surface area (Å²) in [5, 5.41) is 12.4. The number of carbonyl (C=O) groups is 1.